The number of hydrogen-bond acceptors (Lipinski definition) is 3. The smallest absolute Gasteiger partial charge is 0.272 e. The Morgan fingerprint density at radius 2 is 2.04 bits per heavy atom. The quantitative estimate of drug-likeness (QED) is 0.720. The van der Waals surface area contributed by atoms with Gasteiger partial charge in [-0.15, -0.1) is 0 Å². The lowest BCUT2D eigenvalue weighted by Gasteiger charge is -2.33. The molecule has 3 heterocycles. The molecule has 26 heavy (non-hydrogen) atoms. The summed E-state index contributed by atoms with van der Waals surface area (Å²) in [5.74, 6) is 0.513. The van der Waals surface area contributed by atoms with Crippen molar-refractivity contribution in [2.24, 2.45) is 5.92 Å². The number of carbonyl (C=O) groups excluding carboxylic acids is 1. The van der Waals surface area contributed by atoms with E-state index < -0.39 is 0 Å². The number of aryl methyl sites for hydroxylation is 1. The number of fused-ring (bicyclic) bond motifs is 1. The summed E-state index contributed by atoms with van der Waals surface area (Å²) in [6.07, 6.45) is 7.04. The van der Waals surface area contributed by atoms with Gasteiger partial charge in [-0.3, -0.25) is 9.78 Å². The molecule has 1 fully saturated rings. The topological polar surface area (TPSA) is 46.1 Å². The largest absolute Gasteiger partial charge is 0.337 e. The van der Waals surface area contributed by atoms with Gasteiger partial charge in [0.15, 0.2) is 0 Å². The number of hydrogen-bond donors (Lipinski definition) is 0. The number of likely N-dealkylation sites (tertiary alicyclic amines) is 1. The highest BCUT2D eigenvalue weighted by molar-refractivity contribution is 5.92. The first-order chi connectivity index (χ1) is 12.7. The predicted octanol–water partition coefficient (Wildman–Crippen LogP) is 4.03. The Balaban J connectivity index is 1.51. The number of benzene rings is 1. The second-order valence-corrected chi connectivity index (χ2v) is 7.15. The molecular formula is C22H23N3O. The normalized spacial score (nSPS) is 17.4. The molecule has 1 unspecified atom stereocenters. The van der Waals surface area contributed by atoms with Crippen LogP contribution in [0.5, 0.6) is 0 Å². The van der Waals surface area contributed by atoms with E-state index in [0.29, 0.717) is 11.6 Å². The summed E-state index contributed by atoms with van der Waals surface area (Å²) in [6, 6.07) is 14.0. The molecule has 0 bridgehead atoms. The fourth-order valence-electron chi connectivity index (χ4n) is 3.89. The standard InChI is InChI=1S/C22H23N3O/c1-16-6-4-10-21(24-16)22(26)25-11-5-7-17(15-25)12-19-14-23-13-18-8-2-3-9-20(18)19/h2-4,6,8-10,13-14,17H,5,7,11-12,15H2,1H3. The van der Waals surface area contributed by atoms with Crippen LogP contribution in [0.3, 0.4) is 0 Å². The Kier molecular flexibility index (Phi) is 4.65. The summed E-state index contributed by atoms with van der Waals surface area (Å²) in [5.41, 5.74) is 2.71. The highest BCUT2D eigenvalue weighted by Crippen LogP contribution is 2.25. The number of piperidine rings is 1. The highest BCUT2D eigenvalue weighted by Gasteiger charge is 2.25. The Hall–Kier alpha value is -2.75. The van der Waals surface area contributed by atoms with Crippen LogP contribution in [0.1, 0.15) is 34.6 Å². The zero-order valence-corrected chi connectivity index (χ0v) is 15.1. The van der Waals surface area contributed by atoms with Crippen molar-refractivity contribution in [3.05, 3.63) is 71.8 Å². The maximum atomic E-state index is 12.8. The second kappa shape index (κ2) is 7.24. The number of aromatic nitrogens is 2. The van der Waals surface area contributed by atoms with Crippen molar-refractivity contribution in [3.63, 3.8) is 0 Å². The summed E-state index contributed by atoms with van der Waals surface area (Å²) in [7, 11) is 0. The molecular weight excluding hydrogens is 322 g/mol. The van der Waals surface area contributed by atoms with Gasteiger partial charge in [-0.05, 0) is 55.2 Å². The maximum absolute atomic E-state index is 12.8. The Labute approximate surface area is 153 Å². The lowest BCUT2D eigenvalue weighted by molar-refractivity contribution is 0.0667. The van der Waals surface area contributed by atoms with Crippen molar-refractivity contribution < 1.29 is 4.79 Å². The van der Waals surface area contributed by atoms with Crippen LogP contribution in [0.4, 0.5) is 0 Å². The first-order valence-electron chi connectivity index (χ1n) is 9.25. The molecule has 4 heteroatoms. The van der Waals surface area contributed by atoms with E-state index in [1.165, 1.54) is 16.3 Å². The average molecular weight is 345 g/mol. The molecule has 0 saturated carbocycles. The third-order valence-corrected chi connectivity index (χ3v) is 5.17. The second-order valence-electron chi connectivity index (χ2n) is 7.15. The Morgan fingerprint density at radius 3 is 2.92 bits per heavy atom. The molecule has 0 N–H and O–H groups in total. The molecule has 3 aromatic rings. The van der Waals surface area contributed by atoms with E-state index in [2.05, 4.69) is 28.2 Å². The van der Waals surface area contributed by atoms with Crippen LogP contribution < -0.4 is 0 Å². The van der Waals surface area contributed by atoms with Crippen molar-refractivity contribution in [3.8, 4) is 0 Å². The molecule has 1 aliphatic heterocycles. The number of nitrogens with zero attached hydrogens (tertiary/aromatic N) is 3. The minimum Gasteiger partial charge on any atom is -0.337 e. The zero-order valence-electron chi connectivity index (χ0n) is 15.1. The van der Waals surface area contributed by atoms with E-state index >= 15 is 0 Å². The van der Waals surface area contributed by atoms with Gasteiger partial charge in [0.25, 0.3) is 5.91 Å². The molecule has 132 valence electrons. The molecule has 4 rings (SSSR count). The van der Waals surface area contributed by atoms with Crippen LogP contribution in [0.15, 0.2) is 54.9 Å². The molecule has 1 amide bonds. The lowest BCUT2D eigenvalue weighted by atomic mass is 9.90. The summed E-state index contributed by atoms with van der Waals surface area (Å²) in [5, 5.41) is 2.45. The first kappa shape index (κ1) is 16.7. The summed E-state index contributed by atoms with van der Waals surface area (Å²) >= 11 is 0. The molecule has 2 aromatic heterocycles. The van der Waals surface area contributed by atoms with Crippen LogP contribution in [0, 0.1) is 12.8 Å². The fourth-order valence-corrected chi connectivity index (χ4v) is 3.89. The Bertz CT molecular complexity index is 932. The van der Waals surface area contributed by atoms with Crippen LogP contribution >= 0.6 is 0 Å². The maximum Gasteiger partial charge on any atom is 0.272 e. The minimum absolute atomic E-state index is 0.0504. The van der Waals surface area contributed by atoms with Gasteiger partial charge in [0.05, 0.1) is 0 Å². The monoisotopic (exact) mass is 345 g/mol. The third kappa shape index (κ3) is 3.45. The number of amides is 1. The van der Waals surface area contributed by atoms with Crippen LogP contribution in [0.25, 0.3) is 10.8 Å². The van der Waals surface area contributed by atoms with Crippen molar-refractivity contribution >= 4 is 16.7 Å². The highest BCUT2D eigenvalue weighted by atomic mass is 16.2. The predicted molar refractivity (Wildman–Crippen MR) is 103 cm³/mol. The lowest BCUT2D eigenvalue weighted by Crippen LogP contribution is -2.40. The molecule has 0 spiro atoms. The number of pyridine rings is 2. The van der Waals surface area contributed by atoms with Crippen molar-refractivity contribution in [1.29, 1.82) is 0 Å². The van der Waals surface area contributed by atoms with Crippen molar-refractivity contribution in [2.45, 2.75) is 26.2 Å². The summed E-state index contributed by atoms with van der Waals surface area (Å²) in [6.45, 7) is 3.53. The van der Waals surface area contributed by atoms with E-state index in [-0.39, 0.29) is 5.91 Å². The van der Waals surface area contributed by atoms with Crippen LogP contribution in [-0.4, -0.2) is 33.9 Å². The molecule has 1 saturated heterocycles. The Morgan fingerprint density at radius 1 is 1.15 bits per heavy atom. The molecule has 0 aliphatic carbocycles. The number of carbonyl (C=O) groups is 1. The van der Waals surface area contributed by atoms with E-state index in [1.54, 1.807) is 0 Å². The van der Waals surface area contributed by atoms with Gasteiger partial charge in [-0.2, -0.15) is 0 Å². The molecule has 1 aromatic carbocycles. The SMILES string of the molecule is Cc1cccc(C(=O)N2CCCC(Cc3cncc4ccccc34)C2)n1. The number of rotatable bonds is 3. The van der Waals surface area contributed by atoms with E-state index in [0.717, 1.165) is 38.0 Å². The van der Waals surface area contributed by atoms with Gasteiger partial charge in [-0.1, -0.05) is 30.3 Å². The van der Waals surface area contributed by atoms with E-state index in [4.69, 9.17) is 0 Å². The third-order valence-electron chi connectivity index (χ3n) is 5.17. The van der Waals surface area contributed by atoms with Gasteiger partial charge in [0, 0.05) is 36.6 Å². The van der Waals surface area contributed by atoms with E-state index in [1.807, 2.05) is 48.5 Å². The van der Waals surface area contributed by atoms with Gasteiger partial charge in [-0.25, -0.2) is 4.98 Å². The summed E-state index contributed by atoms with van der Waals surface area (Å²) in [4.78, 5) is 23.6. The van der Waals surface area contributed by atoms with Crippen molar-refractivity contribution in [2.75, 3.05) is 13.1 Å². The molecule has 1 aliphatic rings. The van der Waals surface area contributed by atoms with Crippen LogP contribution in [0.2, 0.25) is 0 Å². The molecule has 4 nitrogen and oxygen atoms in total. The van der Waals surface area contributed by atoms with Crippen molar-refractivity contribution in [1.82, 2.24) is 14.9 Å². The van der Waals surface area contributed by atoms with Gasteiger partial charge < -0.3 is 4.90 Å². The van der Waals surface area contributed by atoms with Gasteiger partial charge >= 0.3 is 0 Å². The van der Waals surface area contributed by atoms with E-state index in [9.17, 15) is 4.79 Å². The molecule has 1 atom stereocenters. The van der Waals surface area contributed by atoms with Crippen LogP contribution in [-0.2, 0) is 6.42 Å². The minimum atomic E-state index is 0.0504. The fraction of sp³-hybridized carbons (Fsp3) is 0.318. The first-order valence-corrected chi connectivity index (χ1v) is 9.25. The summed E-state index contributed by atoms with van der Waals surface area (Å²) < 4.78 is 0. The molecule has 0 radical (unpaired) electrons. The van der Waals surface area contributed by atoms with Gasteiger partial charge in [0.1, 0.15) is 5.69 Å². The van der Waals surface area contributed by atoms with Gasteiger partial charge in [0.2, 0.25) is 0 Å². The zero-order chi connectivity index (χ0) is 17.9. The average Bonchev–Trinajstić information content (AvgIpc) is 2.68.